The van der Waals surface area contributed by atoms with Gasteiger partial charge in [0.1, 0.15) is 11.4 Å². The molecular formula is C18H27N5O4S. The molecule has 0 aromatic carbocycles. The van der Waals surface area contributed by atoms with Crippen LogP contribution >= 0.6 is 11.8 Å². The van der Waals surface area contributed by atoms with E-state index in [1.807, 2.05) is 0 Å². The van der Waals surface area contributed by atoms with Gasteiger partial charge in [-0.15, -0.1) is 0 Å². The zero-order chi connectivity index (χ0) is 20.7. The Morgan fingerprint density at radius 2 is 2.07 bits per heavy atom. The van der Waals surface area contributed by atoms with Crippen LogP contribution in [0.25, 0.3) is 0 Å². The van der Waals surface area contributed by atoms with Gasteiger partial charge in [-0.1, -0.05) is 38.5 Å². The number of urea groups is 1. The summed E-state index contributed by atoms with van der Waals surface area (Å²) in [6, 6.07) is -0.419. The predicted octanol–water partition coefficient (Wildman–Crippen LogP) is 1.98. The van der Waals surface area contributed by atoms with E-state index < -0.39 is 17.9 Å². The summed E-state index contributed by atoms with van der Waals surface area (Å²) in [7, 11) is 0. The molecule has 0 bridgehead atoms. The lowest BCUT2D eigenvalue weighted by Gasteiger charge is -2.34. The highest BCUT2D eigenvalue weighted by Crippen LogP contribution is 2.29. The van der Waals surface area contributed by atoms with Crippen LogP contribution in [0, 0.1) is 11.8 Å². The average Bonchev–Trinajstić information content (AvgIpc) is 2.64. The number of imide groups is 1. The van der Waals surface area contributed by atoms with Crippen LogP contribution in [0.1, 0.15) is 50.4 Å². The zero-order valence-electron chi connectivity index (χ0n) is 16.4. The Kier molecular flexibility index (Phi) is 8.04. The van der Waals surface area contributed by atoms with Crippen molar-refractivity contribution in [1.29, 1.82) is 0 Å². The second-order valence-electron chi connectivity index (χ2n) is 6.86. The number of nitrogens with two attached hydrogens (primary N) is 1. The second-order valence-corrected chi connectivity index (χ2v) is 7.80. The first-order valence-corrected chi connectivity index (χ1v) is 10.3. The van der Waals surface area contributed by atoms with Crippen LogP contribution in [0.2, 0.25) is 0 Å². The van der Waals surface area contributed by atoms with Crippen LogP contribution in [0.5, 0.6) is 0 Å². The van der Waals surface area contributed by atoms with Crippen LogP contribution < -0.4 is 16.4 Å². The summed E-state index contributed by atoms with van der Waals surface area (Å²) < 4.78 is 4.85. The van der Waals surface area contributed by atoms with Crippen molar-refractivity contribution in [1.82, 2.24) is 20.6 Å². The number of ether oxygens (including phenoxy) is 1. The number of anilines is 1. The van der Waals surface area contributed by atoms with E-state index in [0.717, 1.165) is 31.0 Å². The third-order valence-electron chi connectivity index (χ3n) is 4.90. The molecule has 0 unspecified atom stereocenters. The van der Waals surface area contributed by atoms with Gasteiger partial charge in [0.15, 0.2) is 5.16 Å². The molecule has 1 aromatic heterocycles. The molecule has 1 fully saturated rings. The van der Waals surface area contributed by atoms with Crippen molar-refractivity contribution in [2.45, 2.75) is 51.2 Å². The molecule has 9 nitrogen and oxygen atoms in total. The molecule has 1 aromatic rings. The number of thioether (sulfide) groups is 1. The largest absolute Gasteiger partial charge is 0.462 e. The van der Waals surface area contributed by atoms with Crippen molar-refractivity contribution in [3.8, 4) is 0 Å². The van der Waals surface area contributed by atoms with Crippen molar-refractivity contribution in [3.63, 3.8) is 0 Å². The number of hydrogen-bond acceptors (Lipinski definition) is 8. The monoisotopic (exact) mass is 409 g/mol. The summed E-state index contributed by atoms with van der Waals surface area (Å²) in [5.74, 6) is -0.214. The molecule has 2 rings (SSSR count). The maximum absolute atomic E-state index is 12.1. The molecule has 4 N–H and O–H groups in total. The molecule has 0 spiro atoms. The third kappa shape index (κ3) is 6.08. The van der Waals surface area contributed by atoms with E-state index >= 15 is 0 Å². The van der Waals surface area contributed by atoms with Gasteiger partial charge < -0.3 is 15.8 Å². The van der Waals surface area contributed by atoms with Gasteiger partial charge in [0.05, 0.1) is 12.4 Å². The Labute approximate surface area is 168 Å². The fraction of sp³-hybridized carbons (Fsp3) is 0.611. The number of amides is 3. The molecule has 0 radical (unpaired) electrons. The Hall–Kier alpha value is -2.36. The average molecular weight is 410 g/mol. The molecule has 1 aliphatic carbocycles. The fourth-order valence-corrected chi connectivity index (χ4v) is 3.72. The number of rotatable bonds is 6. The minimum Gasteiger partial charge on any atom is -0.462 e. The molecule has 10 heteroatoms. The molecule has 1 aliphatic rings. The summed E-state index contributed by atoms with van der Waals surface area (Å²) in [6.07, 6.45) is 4.41. The van der Waals surface area contributed by atoms with Crippen molar-refractivity contribution in [2.75, 3.05) is 18.1 Å². The minimum atomic E-state index is -0.600. The van der Waals surface area contributed by atoms with E-state index in [0.29, 0.717) is 11.8 Å². The fourth-order valence-electron chi connectivity index (χ4n) is 3.10. The lowest BCUT2D eigenvalue weighted by molar-refractivity contribution is -0.117. The number of nitrogens with one attached hydrogen (secondary N) is 2. The van der Waals surface area contributed by atoms with Gasteiger partial charge in [-0.2, -0.15) is 0 Å². The Bertz CT molecular complexity index is 730. The predicted molar refractivity (Wildman–Crippen MR) is 106 cm³/mol. The van der Waals surface area contributed by atoms with Gasteiger partial charge in [-0.05, 0) is 25.2 Å². The molecule has 3 amide bonds. The van der Waals surface area contributed by atoms with Gasteiger partial charge in [0.25, 0.3) is 0 Å². The molecular weight excluding hydrogens is 382 g/mol. The van der Waals surface area contributed by atoms with Crippen LogP contribution in [0.3, 0.4) is 0 Å². The van der Waals surface area contributed by atoms with Gasteiger partial charge in [-0.3, -0.25) is 10.1 Å². The quantitative estimate of drug-likeness (QED) is 0.368. The van der Waals surface area contributed by atoms with E-state index in [9.17, 15) is 14.4 Å². The lowest BCUT2D eigenvalue weighted by Crippen LogP contribution is -2.49. The molecule has 0 aliphatic heterocycles. The smallest absolute Gasteiger partial charge is 0.343 e. The molecule has 3 atom stereocenters. The minimum absolute atomic E-state index is 0.0190. The highest BCUT2D eigenvalue weighted by Gasteiger charge is 2.28. The number of esters is 1. The number of nitrogens with zero attached hydrogens (tertiary/aromatic N) is 2. The van der Waals surface area contributed by atoms with Gasteiger partial charge in [-0.25, -0.2) is 19.6 Å². The zero-order valence-corrected chi connectivity index (χ0v) is 17.2. The third-order valence-corrected chi connectivity index (χ3v) is 5.76. The van der Waals surface area contributed by atoms with E-state index in [2.05, 4.69) is 34.4 Å². The van der Waals surface area contributed by atoms with E-state index in [4.69, 9.17) is 10.5 Å². The highest BCUT2D eigenvalue weighted by molar-refractivity contribution is 7.99. The summed E-state index contributed by atoms with van der Waals surface area (Å²) in [5.41, 5.74) is 5.81. The summed E-state index contributed by atoms with van der Waals surface area (Å²) in [4.78, 5) is 43.7. The second kappa shape index (κ2) is 10.3. The Morgan fingerprint density at radius 3 is 2.75 bits per heavy atom. The van der Waals surface area contributed by atoms with Crippen molar-refractivity contribution in [3.05, 3.63) is 11.8 Å². The first-order valence-electron chi connectivity index (χ1n) is 9.34. The van der Waals surface area contributed by atoms with Crippen LogP contribution in [0.4, 0.5) is 10.6 Å². The molecule has 0 saturated heterocycles. The van der Waals surface area contributed by atoms with Gasteiger partial charge in [0, 0.05) is 12.2 Å². The van der Waals surface area contributed by atoms with Crippen molar-refractivity contribution >= 4 is 35.5 Å². The van der Waals surface area contributed by atoms with Gasteiger partial charge >= 0.3 is 12.0 Å². The van der Waals surface area contributed by atoms with Gasteiger partial charge in [0.2, 0.25) is 5.91 Å². The topological polar surface area (TPSA) is 136 Å². The summed E-state index contributed by atoms with van der Waals surface area (Å²) >= 11 is 1.02. The highest BCUT2D eigenvalue weighted by atomic mass is 32.2. The summed E-state index contributed by atoms with van der Waals surface area (Å²) in [5, 5.41) is 5.44. The molecule has 1 saturated carbocycles. The van der Waals surface area contributed by atoms with Crippen LogP contribution in [0.15, 0.2) is 11.4 Å². The lowest BCUT2D eigenvalue weighted by atomic mass is 9.78. The summed E-state index contributed by atoms with van der Waals surface area (Å²) in [6.45, 7) is 6.20. The van der Waals surface area contributed by atoms with E-state index in [-0.39, 0.29) is 34.9 Å². The first-order chi connectivity index (χ1) is 13.3. The molecule has 28 heavy (non-hydrogen) atoms. The maximum atomic E-state index is 12.1. The normalized spacial score (nSPS) is 21.6. The number of hydrogen-bond donors (Lipinski definition) is 3. The number of carbonyl (C=O) groups is 3. The number of carbonyl (C=O) groups excluding carboxylic acids is 3. The Balaban J connectivity index is 1.81. The standard InChI is InChI=1S/C18H27N5O4S/c1-4-27-16(25)12-8-20-18(23-15(12)19)28-9-14(24)22-17(26)21-13-7-5-6-10(2)11(13)3/h8,10-11,13H,4-7,9H2,1-3H3,(H2,19,20,23)(H2,21,22,24,26)/t10-,11+,13-/m1/s1. The van der Waals surface area contributed by atoms with Crippen molar-refractivity contribution < 1.29 is 19.1 Å². The maximum Gasteiger partial charge on any atom is 0.343 e. The van der Waals surface area contributed by atoms with E-state index in [1.165, 1.54) is 6.20 Å². The number of nitrogen functional groups attached to an aromatic ring is 1. The SMILES string of the molecule is CCOC(=O)c1cnc(SCC(=O)NC(=O)N[C@@H]2CCC[C@@H](C)[C@@H]2C)nc1N. The van der Waals surface area contributed by atoms with Crippen LogP contribution in [-0.2, 0) is 9.53 Å². The number of aromatic nitrogens is 2. The first kappa shape index (κ1) is 21.9. The molecule has 1 heterocycles. The molecule has 154 valence electrons. The van der Waals surface area contributed by atoms with Crippen molar-refractivity contribution in [2.24, 2.45) is 11.8 Å². The Morgan fingerprint density at radius 1 is 1.32 bits per heavy atom. The van der Waals surface area contributed by atoms with Crippen LogP contribution in [-0.4, -0.2) is 46.3 Å². The van der Waals surface area contributed by atoms with E-state index in [1.54, 1.807) is 6.92 Å².